The number of ether oxygens (including phenoxy) is 1. The molecule has 15 heavy (non-hydrogen) atoms. The molecular formula is C12H18BrNO. The van der Waals surface area contributed by atoms with E-state index in [1.807, 2.05) is 19.2 Å². The molecule has 0 aliphatic heterocycles. The van der Waals surface area contributed by atoms with Crippen LogP contribution in [-0.4, -0.2) is 20.2 Å². The van der Waals surface area contributed by atoms with Gasteiger partial charge in [-0.25, -0.2) is 0 Å². The zero-order chi connectivity index (χ0) is 10.9. The summed E-state index contributed by atoms with van der Waals surface area (Å²) in [5.41, 5.74) is 1.22. The van der Waals surface area contributed by atoms with Gasteiger partial charge in [0, 0.05) is 11.1 Å². The van der Waals surface area contributed by atoms with E-state index < -0.39 is 0 Å². The van der Waals surface area contributed by atoms with Crippen molar-refractivity contribution in [3.05, 3.63) is 34.3 Å². The van der Waals surface area contributed by atoms with E-state index in [9.17, 15) is 0 Å². The van der Waals surface area contributed by atoms with Crippen molar-refractivity contribution in [1.82, 2.24) is 5.32 Å². The van der Waals surface area contributed by atoms with Crippen LogP contribution in [0, 0.1) is 0 Å². The highest BCUT2D eigenvalue weighted by molar-refractivity contribution is 9.10. The Labute approximate surface area is 100 Å². The van der Waals surface area contributed by atoms with E-state index in [0.717, 1.165) is 24.0 Å². The highest BCUT2D eigenvalue weighted by Gasteiger charge is 1.94. The maximum atomic E-state index is 5.57. The van der Waals surface area contributed by atoms with E-state index in [2.05, 4.69) is 33.4 Å². The van der Waals surface area contributed by atoms with Crippen molar-refractivity contribution in [1.29, 1.82) is 0 Å². The minimum absolute atomic E-state index is 0.707. The second kappa shape index (κ2) is 7.85. The molecule has 0 radical (unpaired) electrons. The molecule has 0 aliphatic rings. The van der Waals surface area contributed by atoms with Crippen molar-refractivity contribution >= 4 is 15.9 Å². The topological polar surface area (TPSA) is 21.3 Å². The van der Waals surface area contributed by atoms with Gasteiger partial charge in [0.15, 0.2) is 0 Å². The van der Waals surface area contributed by atoms with Crippen molar-refractivity contribution in [2.45, 2.75) is 19.4 Å². The maximum absolute atomic E-state index is 5.57. The van der Waals surface area contributed by atoms with Gasteiger partial charge in [-0.05, 0) is 44.1 Å². The Kier molecular flexibility index (Phi) is 6.64. The molecule has 0 aromatic heterocycles. The van der Waals surface area contributed by atoms with E-state index in [4.69, 9.17) is 4.74 Å². The standard InChI is InChI=1S/C12H18BrNO/c1-14-7-2-3-8-15-10-11-5-4-6-12(13)9-11/h4-6,9,14H,2-3,7-8,10H2,1H3. The first-order valence-corrected chi connectivity index (χ1v) is 6.09. The van der Waals surface area contributed by atoms with Gasteiger partial charge in [0.05, 0.1) is 6.61 Å². The summed E-state index contributed by atoms with van der Waals surface area (Å²) in [5, 5.41) is 3.12. The Morgan fingerprint density at radius 1 is 1.33 bits per heavy atom. The quantitative estimate of drug-likeness (QED) is 0.770. The molecule has 0 fully saturated rings. The summed E-state index contributed by atoms with van der Waals surface area (Å²) < 4.78 is 6.68. The van der Waals surface area contributed by atoms with E-state index in [1.165, 1.54) is 12.0 Å². The predicted octanol–water partition coefficient (Wildman–Crippen LogP) is 2.97. The average molecular weight is 272 g/mol. The van der Waals surface area contributed by atoms with Gasteiger partial charge in [0.25, 0.3) is 0 Å². The van der Waals surface area contributed by atoms with Crippen LogP contribution in [0.1, 0.15) is 18.4 Å². The van der Waals surface area contributed by atoms with Crippen LogP contribution in [-0.2, 0) is 11.3 Å². The van der Waals surface area contributed by atoms with Crippen molar-refractivity contribution in [2.75, 3.05) is 20.2 Å². The Bertz CT molecular complexity index is 278. The van der Waals surface area contributed by atoms with Crippen molar-refractivity contribution in [3.63, 3.8) is 0 Å². The summed E-state index contributed by atoms with van der Waals surface area (Å²) in [7, 11) is 1.97. The molecule has 0 heterocycles. The maximum Gasteiger partial charge on any atom is 0.0717 e. The van der Waals surface area contributed by atoms with Gasteiger partial charge in [-0.15, -0.1) is 0 Å². The fraction of sp³-hybridized carbons (Fsp3) is 0.500. The van der Waals surface area contributed by atoms with Gasteiger partial charge in [-0.3, -0.25) is 0 Å². The van der Waals surface area contributed by atoms with Crippen LogP contribution in [0.25, 0.3) is 0 Å². The number of hydrogen-bond acceptors (Lipinski definition) is 2. The van der Waals surface area contributed by atoms with Crippen LogP contribution in [0.4, 0.5) is 0 Å². The fourth-order valence-corrected chi connectivity index (χ4v) is 1.77. The first-order valence-electron chi connectivity index (χ1n) is 5.29. The summed E-state index contributed by atoms with van der Waals surface area (Å²) in [6.07, 6.45) is 2.30. The zero-order valence-electron chi connectivity index (χ0n) is 9.13. The zero-order valence-corrected chi connectivity index (χ0v) is 10.7. The van der Waals surface area contributed by atoms with Crippen molar-refractivity contribution in [3.8, 4) is 0 Å². The Morgan fingerprint density at radius 2 is 2.20 bits per heavy atom. The first-order chi connectivity index (χ1) is 7.33. The van der Waals surface area contributed by atoms with Crippen LogP contribution in [0.5, 0.6) is 0 Å². The summed E-state index contributed by atoms with van der Waals surface area (Å²) in [5.74, 6) is 0. The van der Waals surface area contributed by atoms with Crippen LogP contribution >= 0.6 is 15.9 Å². The molecule has 0 bridgehead atoms. The second-order valence-electron chi connectivity index (χ2n) is 3.49. The summed E-state index contributed by atoms with van der Waals surface area (Å²) in [4.78, 5) is 0. The van der Waals surface area contributed by atoms with E-state index in [-0.39, 0.29) is 0 Å². The lowest BCUT2D eigenvalue weighted by molar-refractivity contribution is 0.117. The third kappa shape index (κ3) is 5.92. The van der Waals surface area contributed by atoms with Gasteiger partial charge in [-0.1, -0.05) is 28.1 Å². The molecule has 1 aromatic carbocycles. The summed E-state index contributed by atoms with van der Waals surface area (Å²) >= 11 is 3.44. The SMILES string of the molecule is CNCCCCOCc1cccc(Br)c1. The molecule has 0 atom stereocenters. The van der Waals surface area contributed by atoms with Gasteiger partial charge in [0.2, 0.25) is 0 Å². The molecule has 1 rings (SSSR count). The highest BCUT2D eigenvalue weighted by Crippen LogP contribution is 2.12. The highest BCUT2D eigenvalue weighted by atomic mass is 79.9. The van der Waals surface area contributed by atoms with Crippen LogP contribution in [0.15, 0.2) is 28.7 Å². The number of unbranched alkanes of at least 4 members (excludes halogenated alkanes) is 1. The molecule has 0 amide bonds. The van der Waals surface area contributed by atoms with Gasteiger partial charge in [-0.2, -0.15) is 0 Å². The predicted molar refractivity (Wildman–Crippen MR) is 67.0 cm³/mol. The monoisotopic (exact) mass is 271 g/mol. The largest absolute Gasteiger partial charge is 0.377 e. The fourth-order valence-electron chi connectivity index (χ4n) is 1.32. The minimum atomic E-state index is 0.707. The first kappa shape index (κ1) is 12.7. The smallest absolute Gasteiger partial charge is 0.0717 e. The lowest BCUT2D eigenvalue weighted by atomic mass is 10.2. The molecule has 1 aromatic rings. The van der Waals surface area contributed by atoms with Gasteiger partial charge < -0.3 is 10.1 Å². The molecule has 84 valence electrons. The Balaban J connectivity index is 2.10. The molecular weight excluding hydrogens is 254 g/mol. The summed E-state index contributed by atoms with van der Waals surface area (Å²) in [6.45, 7) is 2.62. The molecule has 0 unspecified atom stereocenters. The average Bonchev–Trinajstić information content (AvgIpc) is 2.23. The number of nitrogens with one attached hydrogen (secondary N) is 1. The minimum Gasteiger partial charge on any atom is -0.377 e. The van der Waals surface area contributed by atoms with Gasteiger partial charge in [0.1, 0.15) is 0 Å². The lowest BCUT2D eigenvalue weighted by Crippen LogP contribution is -2.08. The van der Waals surface area contributed by atoms with E-state index in [0.29, 0.717) is 6.61 Å². The van der Waals surface area contributed by atoms with Crippen LogP contribution in [0.2, 0.25) is 0 Å². The second-order valence-corrected chi connectivity index (χ2v) is 4.41. The number of rotatable bonds is 7. The molecule has 1 N–H and O–H groups in total. The Hall–Kier alpha value is -0.380. The number of hydrogen-bond donors (Lipinski definition) is 1. The van der Waals surface area contributed by atoms with Crippen molar-refractivity contribution in [2.24, 2.45) is 0 Å². The van der Waals surface area contributed by atoms with Gasteiger partial charge >= 0.3 is 0 Å². The third-order valence-corrected chi connectivity index (χ3v) is 2.62. The van der Waals surface area contributed by atoms with Crippen LogP contribution < -0.4 is 5.32 Å². The third-order valence-electron chi connectivity index (χ3n) is 2.12. The van der Waals surface area contributed by atoms with Crippen LogP contribution in [0.3, 0.4) is 0 Å². The Morgan fingerprint density at radius 3 is 2.93 bits per heavy atom. The van der Waals surface area contributed by atoms with Crippen molar-refractivity contribution < 1.29 is 4.74 Å². The van der Waals surface area contributed by atoms with E-state index in [1.54, 1.807) is 0 Å². The normalized spacial score (nSPS) is 10.5. The number of benzene rings is 1. The number of halogens is 1. The molecule has 0 spiro atoms. The molecule has 0 saturated heterocycles. The molecule has 2 nitrogen and oxygen atoms in total. The molecule has 3 heteroatoms. The molecule has 0 saturated carbocycles. The van der Waals surface area contributed by atoms with E-state index >= 15 is 0 Å². The summed E-state index contributed by atoms with van der Waals surface area (Å²) in [6, 6.07) is 8.23. The lowest BCUT2D eigenvalue weighted by Gasteiger charge is -2.04. The molecule has 0 aliphatic carbocycles.